The van der Waals surface area contributed by atoms with Crippen LogP contribution in [0, 0.1) is 0 Å². The van der Waals surface area contributed by atoms with E-state index in [1.807, 2.05) is 31.2 Å². The molecule has 3 nitrogen and oxygen atoms in total. The predicted molar refractivity (Wildman–Crippen MR) is 77.1 cm³/mol. The van der Waals surface area contributed by atoms with Crippen molar-refractivity contribution in [2.75, 3.05) is 13.2 Å². The molecule has 0 bridgehead atoms. The number of esters is 1. The number of rotatable bonds is 8. The predicted octanol–water partition coefficient (Wildman–Crippen LogP) is 3.83. The Hall–Kier alpha value is -1.77. The van der Waals surface area contributed by atoms with Crippen LogP contribution in [0.25, 0.3) is 6.08 Å². The fraction of sp³-hybridized carbons (Fsp3) is 0.438. The minimum absolute atomic E-state index is 0.315. The van der Waals surface area contributed by atoms with Gasteiger partial charge in [-0.25, -0.2) is 4.79 Å². The zero-order valence-corrected chi connectivity index (χ0v) is 11.7. The van der Waals surface area contributed by atoms with Crippen LogP contribution in [0.5, 0.6) is 5.75 Å². The summed E-state index contributed by atoms with van der Waals surface area (Å²) in [5, 5.41) is 0. The third-order valence-electron chi connectivity index (χ3n) is 2.52. The smallest absolute Gasteiger partial charge is 0.330 e. The number of para-hydroxylation sites is 1. The van der Waals surface area contributed by atoms with E-state index in [0.29, 0.717) is 13.2 Å². The Morgan fingerprint density at radius 2 is 1.95 bits per heavy atom. The second-order valence-corrected chi connectivity index (χ2v) is 4.24. The minimum atomic E-state index is -0.315. The van der Waals surface area contributed by atoms with Gasteiger partial charge in [-0.3, -0.25) is 0 Å². The van der Waals surface area contributed by atoms with Crippen LogP contribution < -0.4 is 4.74 Å². The highest BCUT2D eigenvalue weighted by Gasteiger charge is 2.01. The Kier molecular flexibility index (Phi) is 7.40. The van der Waals surface area contributed by atoms with Gasteiger partial charge in [0.15, 0.2) is 0 Å². The molecule has 0 aliphatic rings. The fourth-order valence-electron chi connectivity index (χ4n) is 1.48. The molecule has 1 aromatic rings. The van der Waals surface area contributed by atoms with Gasteiger partial charge in [0.25, 0.3) is 0 Å². The van der Waals surface area contributed by atoms with Gasteiger partial charge >= 0.3 is 5.97 Å². The van der Waals surface area contributed by atoms with Gasteiger partial charge in [0, 0.05) is 11.6 Å². The van der Waals surface area contributed by atoms with Crippen LogP contribution in [0.2, 0.25) is 0 Å². The third kappa shape index (κ3) is 6.09. The summed E-state index contributed by atoms with van der Waals surface area (Å²) < 4.78 is 10.7. The summed E-state index contributed by atoms with van der Waals surface area (Å²) in [5.41, 5.74) is 0.895. The molecule has 104 valence electrons. The molecule has 0 atom stereocenters. The van der Waals surface area contributed by atoms with E-state index in [-0.39, 0.29) is 5.97 Å². The highest BCUT2D eigenvalue weighted by molar-refractivity contribution is 5.87. The largest absolute Gasteiger partial charge is 0.493 e. The molecule has 1 rings (SSSR count). The van der Waals surface area contributed by atoms with Crippen molar-refractivity contribution in [1.82, 2.24) is 0 Å². The number of carbonyl (C=O) groups is 1. The van der Waals surface area contributed by atoms with E-state index >= 15 is 0 Å². The normalized spacial score (nSPS) is 10.6. The van der Waals surface area contributed by atoms with Crippen molar-refractivity contribution in [2.45, 2.75) is 33.1 Å². The first kappa shape index (κ1) is 15.3. The summed E-state index contributed by atoms with van der Waals surface area (Å²) in [4.78, 5) is 11.4. The highest BCUT2D eigenvalue weighted by atomic mass is 16.5. The molecule has 0 spiro atoms. The van der Waals surface area contributed by atoms with E-state index in [1.165, 1.54) is 6.08 Å². The van der Waals surface area contributed by atoms with Crippen LogP contribution in [0.1, 0.15) is 38.7 Å². The molecule has 1 aromatic carbocycles. The molecule has 0 unspecified atom stereocenters. The standard InChI is InChI=1S/C16H22O3/c1-3-5-13-18-15-9-7-6-8-14(15)10-11-16(17)19-12-4-2/h6-11H,3-5,12-13H2,1-2H3. The van der Waals surface area contributed by atoms with Gasteiger partial charge in [0.1, 0.15) is 5.75 Å². The number of unbranched alkanes of at least 4 members (excludes halogenated alkanes) is 1. The van der Waals surface area contributed by atoms with Crippen molar-refractivity contribution >= 4 is 12.0 Å². The number of hydrogen-bond donors (Lipinski definition) is 0. The average Bonchev–Trinajstić information content (AvgIpc) is 2.44. The van der Waals surface area contributed by atoms with Crippen LogP contribution in [0.3, 0.4) is 0 Å². The van der Waals surface area contributed by atoms with Crippen molar-refractivity contribution in [3.63, 3.8) is 0 Å². The molecule has 0 saturated carbocycles. The van der Waals surface area contributed by atoms with Gasteiger partial charge in [-0.1, -0.05) is 38.5 Å². The molecule has 3 heteroatoms. The Bertz CT molecular complexity index is 410. The molecular weight excluding hydrogens is 240 g/mol. The lowest BCUT2D eigenvalue weighted by atomic mass is 10.2. The van der Waals surface area contributed by atoms with Crippen LogP contribution in [-0.4, -0.2) is 19.2 Å². The number of ether oxygens (including phenoxy) is 2. The average molecular weight is 262 g/mol. The summed E-state index contributed by atoms with van der Waals surface area (Å²) in [6, 6.07) is 7.68. The van der Waals surface area contributed by atoms with Gasteiger partial charge < -0.3 is 9.47 Å². The highest BCUT2D eigenvalue weighted by Crippen LogP contribution is 2.19. The van der Waals surface area contributed by atoms with Crippen molar-refractivity contribution < 1.29 is 14.3 Å². The van der Waals surface area contributed by atoms with Gasteiger partial charge in [-0.05, 0) is 25.0 Å². The Labute approximate surface area is 115 Å². The maximum Gasteiger partial charge on any atom is 0.330 e. The van der Waals surface area contributed by atoms with Gasteiger partial charge in [-0.2, -0.15) is 0 Å². The SMILES string of the molecule is CCCCOc1ccccc1C=CC(=O)OCCC. The van der Waals surface area contributed by atoms with Gasteiger partial charge in [0.2, 0.25) is 0 Å². The molecular formula is C16H22O3. The Balaban J connectivity index is 2.61. The van der Waals surface area contributed by atoms with Crippen molar-refractivity contribution in [3.8, 4) is 5.75 Å². The molecule has 0 radical (unpaired) electrons. The second-order valence-electron chi connectivity index (χ2n) is 4.24. The molecule has 0 N–H and O–H groups in total. The quantitative estimate of drug-likeness (QED) is 0.406. The second kappa shape index (κ2) is 9.20. The lowest BCUT2D eigenvalue weighted by Gasteiger charge is -2.08. The molecule has 0 saturated heterocycles. The zero-order chi connectivity index (χ0) is 13.9. The maximum atomic E-state index is 11.4. The van der Waals surface area contributed by atoms with Crippen LogP contribution in [-0.2, 0) is 9.53 Å². The molecule has 0 fully saturated rings. The first-order valence-electron chi connectivity index (χ1n) is 6.84. The molecule has 0 aliphatic carbocycles. The van der Waals surface area contributed by atoms with E-state index < -0.39 is 0 Å². The van der Waals surface area contributed by atoms with Crippen molar-refractivity contribution in [2.24, 2.45) is 0 Å². The third-order valence-corrected chi connectivity index (χ3v) is 2.52. The van der Waals surface area contributed by atoms with E-state index in [2.05, 4.69) is 6.92 Å². The van der Waals surface area contributed by atoms with Gasteiger partial charge in [0.05, 0.1) is 13.2 Å². The topological polar surface area (TPSA) is 35.5 Å². The summed E-state index contributed by atoms with van der Waals surface area (Å²) in [6.45, 7) is 5.24. The molecule has 0 heterocycles. The van der Waals surface area contributed by atoms with E-state index in [1.54, 1.807) is 6.08 Å². The first-order valence-corrected chi connectivity index (χ1v) is 6.84. The lowest BCUT2D eigenvalue weighted by Crippen LogP contribution is -2.01. The summed E-state index contributed by atoms with van der Waals surface area (Å²) in [6.07, 6.45) is 6.13. The van der Waals surface area contributed by atoms with Crippen molar-refractivity contribution in [1.29, 1.82) is 0 Å². The number of carbonyl (C=O) groups excluding carboxylic acids is 1. The lowest BCUT2D eigenvalue weighted by molar-refractivity contribution is -0.137. The minimum Gasteiger partial charge on any atom is -0.493 e. The van der Waals surface area contributed by atoms with Crippen LogP contribution >= 0.6 is 0 Å². The maximum absolute atomic E-state index is 11.4. The molecule has 0 aliphatic heterocycles. The fourth-order valence-corrected chi connectivity index (χ4v) is 1.48. The summed E-state index contributed by atoms with van der Waals surface area (Å²) in [7, 11) is 0. The van der Waals surface area contributed by atoms with E-state index in [4.69, 9.17) is 9.47 Å². The number of hydrogen-bond acceptors (Lipinski definition) is 3. The molecule has 0 amide bonds. The van der Waals surface area contributed by atoms with Gasteiger partial charge in [-0.15, -0.1) is 0 Å². The Morgan fingerprint density at radius 3 is 2.68 bits per heavy atom. The Morgan fingerprint density at radius 1 is 1.16 bits per heavy atom. The first-order chi connectivity index (χ1) is 9.27. The molecule has 19 heavy (non-hydrogen) atoms. The van der Waals surface area contributed by atoms with E-state index in [9.17, 15) is 4.79 Å². The van der Waals surface area contributed by atoms with E-state index in [0.717, 1.165) is 30.6 Å². The zero-order valence-electron chi connectivity index (χ0n) is 11.7. The molecule has 0 aromatic heterocycles. The van der Waals surface area contributed by atoms with Crippen LogP contribution in [0.15, 0.2) is 30.3 Å². The summed E-state index contributed by atoms with van der Waals surface area (Å²) >= 11 is 0. The monoisotopic (exact) mass is 262 g/mol. The number of benzene rings is 1. The summed E-state index contributed by atoms with van der Waals surface area (Å²) in [5.74, 6) is 0.487. The van der Waals surface area contributed by atoms with Crippen molar-refractivity contribution in [3.05, 3.63) is 35.9 Å². The van der Waals surface area contributed by atoms with Crippen LogP contribution in [0.4, 0.5) is 0 Å².